The number of methoxy groups -OCH3 is 3. The maximum absolute atomic E-state index is 13.4. The smallest absolute Gasteiger partial charge is 0.260 e. The lowest BCUT2D eigenvalue weighted by Crippen LogP contribution is -2.38. The van der Waals surface area contributed by atoms with Crippen molar-refractivity contribution in [3.63, 3.8) is 0 Å². The van der Waals surface area contributed by atoms with Gasteiger partial charge in [-0.2, -0.15) is 0 Å². The number of nitrogens with one attached hydrogen (secondary N) is 1. The maximum Gasteiger partial charge on any atom is 0.260 e. The molecule has 9 heteroatoms. The van der Waals surface area contributed by atoms with Crippen LogP contribution in [0.25, 0.3) is 5.57 Å². The van der Waals surface area contributed by atoms with Crippen LogP contribution in [0.1, 0.15) is 28.8 Å². The molecule has 0 aromatic heterocycles. The molecule has 1 atom stereocenters. The fraction of sp³-hybridized carbons (Fsp3) is 0.333. The molecule has 4 rings (SSSR count). The number of nitrogens with zero attached hydrogens (tertiary/aromatic N) is 1. The van der Waals surface area contributed by atoms with E-state index in [1.807, 2.05) is 12.1 Å². The molecule has 0 saturated heterocycles. The quantitative estimate of drug-likeness (QED) is 0.420. The lowest BCUT2D eigenvalue weighted by molar-refractivity contribution is -0.119. The fourth-order valence-corrected chi connectivity index (χ4v) is 4.20. The van der Waals surface area contributed by atoms with Gasteiger partial charge >= 0.3 is 0 Å². The summed E-state index contributed by atoms with van der Waals surface area (Å²) in [6.45, 7) is 0.481. The van der Waals surface area contributed by atoms with Crippen molar-refractivity contribution in [2.24, 2.45) is 0 Å². The van der Waals surface area contributed by atoms with E-state index >= 15 is 0 Å². The van der Waals surface area contributed by atoms with Gasteiger partial charge in [0.25, 0.3) is 5.91 Å². The fourth-order valence-electron chi connectivity index (χ4n) is 3.97. The van der Waals surface area contributed by atoms with Crippen molar-refractivity contribution in [2.45, 2.75) is 18.9 Å². The van der Waals surface area contributed by atoms with Crippen LogP contribution in [0.4, 0.5) is 5.69 Å². The topological polar surface area (TPSA) is 86.3 Å². The molecule has 2 heterocycles. The number of anilines is 1. The monoisotopic (exact) mass is 516 g/mol. The van der Waals surface area contributed by atoms with E-state index in [1.165, 1.54) is 12.0 Å². The van der Waals surface area contributed by atoms with E-state index in [0.717, 1.165) is 22.9 Å². The molecule has 2 aromatic rings. The largest absolute Gasteiger partial charge is 0.493 e. The van der Waals surface area contributed by atoms with Crippen molar-refractivity contribution in [1.82, 2.24) is 4.90 Å². The lowest BCUT2D eigenvalue weighted by Gasteiger charge is -2.18. The molecule has 2 aliphatic rings. The van der Waals surface area contributed by atoms with Crippen LogP contribution < -0.4 is 24.3 Å². The number of alkyl halides is 1. The van der Waals surface area contributed by atoms with E-state index in [2.05, 4.69) is 21.2 Å². The Bertz CT molecular complexity index is 1120. The van der Waals surface area contributed by atoms with Crippen molar-refractivity contribution in [2.75, 3.05) is 38.6 Å². The molecule has 2 aromatic carbocycles. The number of fused-ring (bicyclic) bond motifs is 2. The molecule has 1 unspecified atom stereocenters. The van der Waals surface area contributed by atoms with E-state index in [-0.39, 0.29) is 11.8 Å². The first kappa shape index (κ1) is 23.0. The molecule has 0 aliphatic carbocycles. The Labute approximate surface area is 200 Å². The minimum absolute atomic E-state index is 0.259. The third-order valence-electron chi connectivity index (χ3n) is 5.66. The van der Waals surface area contributed by atoms with Gasteiger partial charge in [0.05, 0.1) is 39.2 Å². The minimum atomic E-state index is -0.656. The molecule has 2 amide bonds. The van der Waals surface area contributed by atoms with E-state index < -0.39 is 6.04 Å². The zero-order valence-electron chi connectivity index (χ0n) is 18.6. The van der Waals surface area contributed by atoms with Crippen molar-refractivity contribution in [1.29, 1.82) is 0 Å². The average molecular weight is 517 g/mol. The number of ether oxygens (including phenoxy) is 4. The molecule has 0 bridgehead atoms. The molecule has 8 nitrogen and oxygen atoms in total. The van der Waals surface area contributed by atoms with Gasteiger partial charge in [-0.15, -0.1) is 0 Å². The Morgan fingerprint density at radius 3 is 2.42 bits per heavy atom. The second-order valence-electron chi connectivity index (χ2n) is 7.59. The standard InChI is InChI=1S/C24H25BrN2O6/c1-30-19-6-5-14(10-20(19)31-2)15-9-18-23(28)26-17-12-22(33-8-4-7-25)21(32-3)11-16(17)24(29)27(18)13-15/h5-6,10-13,18H,4,7-9H2,1-3H3,(H,26,28). The second kappa shape index (κ2) is 9.74. The van der Waals surface area contributed by atoms with Gasteiger partial charge in [-0.25, -0.2) is 0 Å². The first-order valence-corrected chi connectivity index (χ1v) is 11.6. The van der Waals surface area contributed by atoms with Crippen LogP contribution in [0, 0.1) is 0 Å². The van der Waals surface area contributed by atoms with Crippen LogP contribution in [-0.4, -0.2) is 56.0 Å². The first-order chi connectivity index (χ1) is 16.0. The molecule has 0 spiro atoms. The number of halogens is 1. The van der Waals surface area contributed by atoms with Gasteiger partial charge in [0.15, 0.2) is 23.0 Å². The Kier molecular flexibility index (Phi) is 6.78. The SMILES string of the molecule is COc1ccc(C2=CN3C(=O)c4cc(OC)c(OCCCBr)cc4NC(=O)C3C2)cc1OC. The van der Waals surface area contributed by atoms with Gasteiger partial charge in [-0.1, -0.05) is 22.0 Å². The number of carbonyl (C=O) groups is 2. The van der Waals surface area contributed by atoms with Gasteiger partial charge in [0.1, 0.15) is 6.04 Å². The van der Waals surface area contributed by atoms with Gasteiger partial charge in [0, 0.05) is 24.0 Å². The third kappa shape index (κ3) is 4.37. The van der Waals surface area contributed by atoms with Gasteiger partial charge in [-0.05, 0) is 35.8 Å². The second-order valence-corrected chi connectivity index (χ2v) is 8.38. The van der Waals surface area contributed by atoms with E-state index in [4.69, 9.17) is 18.9 Å². The summed E-state index contributed by atoms with van der Waals surface area (Å²) in [6, 6.07) is 8.14. The van der Waals surface area contributed by atoms with Crippen LogP contribution in [0.5, 0.6) is 23.0 Å². The van der Waals surface area contributed by atoms with E-state index in [9.17, 15) is 9.59 Å². The molecular weight excluding hydrogens is 492 g/mol. The average Bonchev–Trinajstić information content (AvgIpc) is 3.26. The summed E-state index contributed by atoms with van der Waals surface area (Å²) in [7, 11) is 4.66. The van der Waals surface area contributed by atoms with Crippen LogP contribution in [-0.2, 0) is 4.79 Å². The lowest BCUT2D eigenvalue weighted by atomic mass is 10.0. The molecule has 1 N–H and O–H groups in total. The van der Waals surface area contributed by atoms with Crippen LogP contribution in [0.2, 0.25) is 0 Å². The molecule has 0 saturated carbocycles. The predicted octanol–water partition coefficient (Wildman–Crippen LogP) is 4.08. The van der Waals surface area contributed by atoms with E-state index in [0.29, 0.717) is 47.3 Å². The highest BCUT2D eigenvalue weighted by atomic mass is 79.9. The summed E-state index contributed by atoms with van der Waals surface area (Å²) in [6.07, 6.45) is 2.92. The van der Waals surface area contributed by atoms with Crippen LogP contribution in [0.3, 0.4) is 0 Å². The summed E-state index contributed by atoms with van der Waals surface area (Å²) >= 11 is 3.37. The highest BCUT2D eigenvalue weighted by molar-refractivity contribution is 9.09. The Morgan fingerprint density at radius 2 is 1.73 bits per heavy atom. The molecular formula is C24H25BrN2O6. The zero-order valence-corrected chi connectivity index (χ0v) is 20.2. The molecule has 33 heavy (non-hydrogen) atoms. The summed E-state index contributed by atoms with van der Waals surface area (Å²) in [5.74, 6) is 1.57. The van der Waals surface area contributed by atoms with Crippen molar-refractivity contribution >= 4 is 39.0 Å². The van der Waals surface area contributed by atoms with Gasteiger partial charge in [0.2, 0.25) is 5.91 Å². The maximum atomic E-state index is 13.4. The third-order valence-corrected chi connectivity index (χ3v) is 6.22. The Balaban J connectivity index is 1.68. The molecule has 0 radical (unpaired) electrons. The Hall–Kier alpha value is -3.20. The molecule has 0 fully saturated rings. The normalized spacial score (nSPS) is 16.9. The van der Waals surface area contributed by atoms with E-state index in [1.54, 1.807) is 38.6 Å². The van der Waals surface area contributed by atoms with Gasteiger partial charge < -0.3 is 29.2 Å². The first-order valence-electron chi connectivity index (χ1n) is 10.5. The van der Waals surface area contributed by atoms with Crippen LogP contribution in [0.15, 0.2) is 36.5 Å². The molecule has 174 valence electrons. The predicted molar refractivity (Wildman–Crippen MR) is 128 cm³/mol. The van der Waals surface area contributed by atoms with Gasteiger partial charge in [-0.3, -0.25) is 9.59 Å². The highest BCUT2D eigenvalue weighted by Crippen LogP contribution is 2.40. The number of hydrogen-bond acceptors (Lipinski definition) is 6. The number of benzene rings is 2. The minimum Gasteiger partial charge on any atom is -0.493 e. The van der Waals surface area contributed by atoms with Crippen LogP contribution >= 0.6 is 15.9 Å². The zero-order chi connectivity index (χ0) is 23.5. The van der Waals surface area contributed by atoms with Crippen molar-refractivity contribution in [3.05, 3.63) is 47.7 Å². The molecule has 2 aliphatic heterocycles. The van der Waals surface area contributed by atoms with Crippen molar-refractivity contribution < 1.29 is 28.5 Å². The number of rotatable bonds is 8. The number of amides is 2. The number of hydrogen-bond donors (Lipinski definition) is 1. The summed E-state index contributed by atoms with van der Waals surface area (Å²) in [5.41, 5.74) is 2.47. The van der Waals surface area contributed by atoms with Crippen molar-refractivity contribution in [3.8, 4) is 23.0 Å². The summed E-state index contributed by atoms with van der Waals surface area (Å²) in [4.78, 5) is 28.0. The Morgan fingerprint density at radius 1 is 1.00 bits per heavy atom. The number of carbonyl (C=O) groups excluding carboxylic acids is 2. The summed E-state index contributed by atoms with van der Waals surface area (Å²) < 4.78 is 21.9. The summed E-state index contributed by atoms with van der Waals surface area (Å²) in [5, 5.41) is 3.70. The highest BCUT2D eigenvalue weighted by Gasteiger charge is 2.39.